The molecule has 0 saturated heterocycles. The maximum Gasteiger partial charge on any atom is 0.108 e. The number of ether oxygens (including phenoxy) is 1. The van der Waals surface area contributed by atoms with E-state index in [-0.39, 0.29) is 12.1 Å². The number of nitrogens with zero attached hydrogens (tertiary/aromatic N) is 3. The molecule has 1 saturated carbocycles. The second-order valence-electron chi connectivity index (χ2n) is 3.77. The van der Waals surface area contributed by atoms with Crippen molar-refractivity contribution in [2.75, 3.05) is 0 Å². The summed E-state index contributed by atoms with van der Waals surface area (Å²) in [5, 5.41) is 8.11. The largest absolute Gasteiger partial charge is 0.370 e. The van der Waals surface area contributed by atoms with Gasteiger partial charge in [0.1, 0.15) is 5.69 Å². The Labute approximate surface area is 83.2 Å². The molecule has 2 atom stereocenters. The van der Waals surface area contributed by atoms with Crippen LogP contribution in [0.1, 0.15) is 25.0 Å². The monoisotopic (exact) mass is 196 g/mol. The molecule has 1 aromatic rings. The minimum absolute atomic E-state index is 0.201. The standard InChI is InChI=1S/C9H16N4O/c1-13-11-5-7(12-13)6-14-9-4-2-3-8(9)10/h5,8-9H,2-4,6,10H2,1H3. The summed E-state index contributed by atoms with van der Waals surface area (Å²) in [5.74, 6) is 0. The topological polar surface area (TPSA) is 66.0 Å². The van der Waals surface area contributed by atoms with Crippen LogP contribution in [0.2, 0.25) is 0 Å². The molecule has 0 bridgehead atoms. The number of hydrogen-bond acceptors (Lipinski definition) is 4. The second-order valence-corrected chi connectivity index (χ2v) is 3.77. The lowest BCUT2D eigenvalue weighted by Crippen LogP contribution is -2.31. The fourth-order valence-corrected chi connectivity index (χ4v) is 1.81. The fourth-order valence-electron chi connectivity index (χ4n) is 1.81. The Kier molecular flexibility index (Phi) is 2.79. The van der Waals surface area contributed by atoms with Gasteiger partial charge in [0.05, 0.1) is 18.9 Å². The molecule has 0 radical (unpaired) electrons. The van der Waals surface area contributed by atoms with E-state index in [4.69, 9.17) is 10.5 Å². The van der Waals surface area contributed by atoms with Crippen LogP contribution in [-0.4, -0.2) is 27.1 Å². The van der Waals surface area contributed by atoms with Crippen LogP contribution >= 0.6 is 0 Å². The summed E-state index contributed by atoms with van der Waals surface area (Å²) in [6.45, 7) is 0.520. The van der Waals surface area contributed by atoms with E-state index in [1.807, 2.05) is 0 Å². The van der Waals surface area contributed by atoms with Crippen molar-refractivity contribution >= 4 is 0 Å². The number of hydrogen-bond donors (Lipinski definition) is 1. The van der Waals surface area contributed by atoms with Crippen LogP contribution in [0.3, 0.4) is 0 Å². The number of nitrogens with two attached hydrogens (primary N) is 1. The average Bonchev–Trinajstić information content (AvgIpc) is 2.72. The predicted octanol–water partition coefficient (Wildman–Crippen LogP) is 0.212. The van der Waals surface area contributed by atoms with Crippen molar-refractivity contribution in [1.82, 2.24) is 15.0 Å². The van der Waals surface area contributed by atoms with E-state index in [1.165, 1.54) is 11.2 Å². The SMILES string of the molecule is Cn1ncc(COC2CCCC2N)n1. The van der Waals surface area contributed by atoms with Crippen molar-refractivity contribution in [2.45, 2.75) is 38.0 Å². The summed E-state index contributed by atoms with van der Waals surface area (Å²) in [7, 11) is 1.80. The van der Waals surface area contributed by atoms with E-state index >= 15 is 0 Å². The summed E-state index contributed by atoms with van der Waals surface area (Å²) in [6.07, 6.45) is 5.25. The molecular formula is C9H16N4O. The molecule has 1 heterocycles. The van der Waals surface area contributed by atoms with Crippen molar-refractivity contribution < 1.29 is 4.74 Å². The summed E-state index contributed by atoms with van der Waals surface area (Å²) in [5.41, 5.74) is 6.75. The highest BCUT2D eigenvalue weighted by Crippen LogP contribution is 2.20. The minimum atomic E-state index is 0.201. The molecule has 0 spiro atoms. The van der Waals surface area contributed by atoms with Crippen LogP contribution in [0.5, 0.6) is 0 Å². The third-order valence-electron chi connectivity index (χ3n) is 2.60. The lowest BCUT2D eigenvalue weighted by Gasteiger charge is -2.14. The molecule has 0 aromatic carbocycles. The minimum Gasteiger partial charge on any atom is -0.370 e. The fraction of sp³-hybridized carbons (Fsp3) is 0.778. The highest BCUT2D eigenvalue weighted by molar-refractivity contribution is 4.89. The van der Waals surface area contributed by atoms with Gasteiger partial charge < -0.3 is 10.5 Å². The van der Waals surface area contributed by atoms with Crippen molar-refractivity contribution in [3.05, 3.63) is 11.9 Å². The molecule has 1 aliphatic carbocycles. The zero-order valence-corrected chi connectivity index (χ0v) is 8.39. The third kappa shape index (κ3) is 2.10. The zero-order chi connectivity index (χ0) is 9.97. The molecule has 0 aliphatic heterocycles. The molecule has 1 aromatic heterocycles. The van der Waals surface area contributed by atoms with Gasteiger partial charge in [0.2, 0.25) is 0 Å². The summed E-state index contributed by atoms with van der Waals surface area (Å²) < 4.78 is 5.67. The zero-order valence-electron chi connectivity index (χ0n) is 8.39. The first kappa shape index (κ1) is 9.61. The Morgan fingerprint density at radius 2 is 2.50 bits per heavy atom. The maximum absolute atomic E-state index is 5.88. The van der Waals surface area contributed by atoms with Crippen molar-refractivity contribution in [1.29, 1.82) is 0 Å². The average molecular weight is 196 g/mol. The lowest BCUT2D eigenvalue weighted by atomic mass is 10.2. The molecule has 1 aliphatic rings. The normalized spacial score (nSPS) is 27.0. The van der Waals surface area contributed by atoms with E-state index in [0.717, 1.165) is 18.5 Å². The maximum atomic E-state index is 5.88. The van der Waals surface area contributed by atoms with Crippen LogP contribution in [0, 0.1) is 0 Å². The van der Waals surface area contributed by atoms with Gasteiger partial charge in [-0.3, -0.25) is 0 Å². The van der Waals surface area contributed by atoms with Gasteiger partial charge in [-0.2, -0.15) is 15.0 Å². The Morgan fingerprint density at radius 1 is 1.64 bits per heavy atom. The lowest BCUT2D eigenvalue weighted by molar-refractivity contribution is 0.0337. The third-order valence-corrected chi connectivity index (χ3v) is 2.60. The van der Waals surface area contributed by atoms with Gasteiger partial charge in [-0.05, 0) is 19.3 Å². The number of aryl methyl sites for hydroxylation is 1. The summed E-state index contributed by atoms with van der Waals surface area (Å²) >= 11 is 0. The Bertz CT molecular complexity index is 299. The van der Waals surface area contributed by atoms with Gasteiger partial charge in [-0.25, -0.2) is 0 Å². The second kappa shape index (κ2) is 4.06. The molecule has 1 fully saturated rings. The van der Waals surface area contributed by atoms with Crippen LogP contribution < -0.4 is 5.73 Å². The molecule has 2 N–H and O–H groups in total. The van der Waals surface area contributed by atoms with Gasteiger partial charge in [-0.1, -0.05) is 0 Å². The highest BCUT2D eigenvalue weighted by atomic mass is 16.5. The summed E-state index contributed by atoms with van der Waals surface area (Å²) in [4.78, 5) is 1.53. The molecule has 5 heteroatoms. The van der Waals surface area contributed by atoms with Crippen molar-refractivity contribution in [2.24, 2.45) is 12.8 Å². The number of rotatable bonds is 3. The smallest absolute Gasteiger partial charge is 0.108 e. The van der Waals surface area contributed by atoms with Gasteiger partial charge >= 0.3 is 0 Å². The first-order chi connectivity index (χ1) is 6.75. The Balaban J connectivity index is 1.82. The molecular weight excluding hydrogens is 180 g/mol. The molecule has 2 rings (SSSR count). The quantitative estimate of drug-likeness (QED) is 0.750. The van der Waals surface area contributed by atoms with Crippen LogP contribution in [-0.2, 0) is 18.4 Å². The van der Waals surface area contributed by atoms with Crippen molar-refractivity contribution in [3.8, 4) is 0 Å². The number of aromatic nitrogens is 3. The molecule has 2 unspecified atom stereocenters. The highest BCUT2D eigenvalue weighted by Gasteiger charge is 2.24. The van der Waals surface area contributed by atoms with Gasteiger partial charge in [0.15, 0.2) is 0 Å². The molecule has 5 nitrogen and oxygen atoms in total. The van der Waals surface area contributed by atoms with Crippen LogP contribution in [0.25, 0.3) is 0 Å². The predicted molar refractivity (Wildman–Crippen MR) is 51.4 cm³/mol. The van der Waals surface area contributed by atoms with Gasteiger partial charge in [0.25, 0.3) is 0 Å². The van der Waals surface area contributed by atoms with E-state index in [1.54, 1.807) is 13.2 Å². The van der Waals surface area contributed by atoms with Crippen molar-refractivity contribution in [3.63, 3.8) is 0 Å². The first-order valence-corrected chi connectivity index (χ1v) is 4.98. The Morgan fingerprint density at radius 3 is 3.07 bits per heavy atom. The van der Waals surface area contributed by atoms with Crippen LogP contribution in [0.15, 0.2) is 6.20 Å². The molecule has 0 amide bonds. The molecule has 14 heavy (non-hydrogen) atoms. The van der Waals surface area contributed by atoms with Gasteiger partial charge in [0, 0.05) is 13.1 Å². The van der Waals surface area contributed by atoms with E-state index in [9.17, 15) is 0 Å². The first-order valence-electron chi connectivity index (χ1n) is 4.98. The summed E-state index contributed by atoms with van der Waals surface area (Å²) in [6, 6.07) is 0.201. The molecule has 78 valence electrons. The Hall–Kier alpha value is -0.940. The van der Waals surface area contributed by atoms with E-state index < -0.39 is 0 Å². The van der Waals surface area contributed by atoms with E-state index in [2.05, 4.69) is 10.2 Å². The van der Waals surface area contributed by atoms with Crippen LogP contribution in [0.4, 0.5) is 0 Å². The van der Waals surface area contributed by atoms with E-state index in [0.29, 0.717) is 6.61 Å². The van der Waals surface area contributed by atoms with Gasteiger partial charge in [-0.15, -0.1) is 0 Å².